The molecule has 0 radical (unpaired) electrons. The standard InChI is InChI=1S/C57H109NO5/c1-4-7-10-13-16-19-22-25-27-28-30-32-35-38-41-44-47-50-57(62)63-53(48-45-42-39-36-33-31-29-26-23-20-17-14-11-8-5-2)51-56(61)58-54(52-59)55(60)49-46-43-40-37-34-24-21-18-15-12-9-6-3/h17,20,26,29,53-55,59-60H,4-16,18-19,21-25,27-28,30-52H2,1-3H3,(H,58,61)/b20-17-,29-26-. The Labute approximate surface area is 392 Å². The van der Waals surface area contributed by atoms with E-state index < -0.39 is 18.2 Å². The molecule has 6 heteroatoms. The molecule has 3 N–H and O–H groups in total. The summed E-state index contributed by atoms with van der Waals surface area (Å²) in [6, 6.07) is -0.702. The number of carbonyl (C=O) groups is 2. The molecule has 0 fully saturated rings. The van der Waals surface area contributed by atoms with E-state index in [0.29, 0.717) is 19.3 Å². The highest BCUT2D eigenvalue weighted by Crippen LogP contribution is 2.19. The van der Waals surface area contributed by atoms with Gasteiger partial charge in [0.2, 0.25) is 5.91 Å². The molecule has 1 amide bonds. The third-order valence-corrected chi connectivity index (χ3v) is 13.0. The molecule has 0 aromatic rings. The van der Waals surface area contributed by atoms with Crippen molar-refractivity contribution in [2.75, 3.05) is 6.61 Å². The zero-order valence-electron chi connectivity index (χ0n) is 42.5. The van der Waals surface area contributed by atoms with Crippen LogP contribution in [0.1, 0.15) is 303 Å². The van der Waals surface area contributed by atoms with Crippen LogP contribution in [0.15, 0.2) is 24.3 Å². The molecule has 6 nitrogen and oxygen atoms in total. The van der Waals surface area contributed by atoms with E-state index in [1.807, 2.05) is 0 Å². The van der Waals surface area contributed by atoms with Gasteiger partial charge in [0.1, 0.15) is 6.10 Å². The van der Waals surface area contributed by atoms with Gasteiger partial charge < -0.3 is 20.3 Å². The van der Waals surface area contributed by atoms with Crippen LogP contribution in [0.5, 0.6) is 0 Å². The average molecular weight is 889 g/mol. The quantitative estimate of drug-likeness (QED) is 0.0321. The number of esters is 1. The van der Waals surface area contributed by atoms with Gasteiger partial charge in [-0.15, -0.1) is 0 Å². The van der Waals surface area contributed by atoms with Gasteiger partial charge in [-0.25, -0.2) is 0 Å². The van der Waals surface area contributed by atoms with Gasteiger partial charge in [-0.05, 0) is 57.8 Å². The molecule has 0 saturated heterocycles. The van der Waals surface area contributed by atoms with Gasteiger partial charge in [-0.3, -0.25) is 9.59 Å². The fourth-order valence-corrected chi connectivity index (χ4v) is 8.76. The Kier molecular flexibility index (Phi) is 50.0. The predicted octanol–water partition coefficient (Wildman–Crippen LogP) is 17.1. The smallest absolute Gasteiger partial charge is 0.306 e. The fraction of sp³-hybridized carbons (Fsp3) is 0.895. The zero-order valence-corrected chi connectivity index (χ0v) is 42.5. The van der Waals surface area contributed by atoms with Crippen molar-refractivity contribution in [1.82, 2.24) is 5.32 Å². The average Bonchev–Trinajstić information content (AvgIpc) is 3.28. The summed E-state index contributed by atoms with van der Waals surface area (Å²) in [5.74, 6) is -0.469. The molecule has 0 aromatic heterocycles. The Hall–Kier alpha value is -1.66. The van der Waals surface area contributed by atoms with Gasteiger partial charge in [0.05, 0.1) is 25.2 Å². The molecule has 0 aliphatic rings. The normalized spacial score (nSPS) is 13.3. The van der Waals surface area contributed by atoms with Crippen LogP contribution in [0.3, 0.4) is 0 Å². The summed E-state index contributed by atoms with van der Waals surface area (Å²) in [4.78, 5) is 26.2. The van der Waals surface area contributed by atoms with Crippen LogP contribution in [0.2, 0.25) is 0 Å². The van der Waals surface area contributed by atoms with Gasteiger partial charge in [-0.2, -0.15) is 0 Å². The number of amides is 1. The molecule has 63 heavy (non-hydrogen) atoms. The molecule has 0 rings (SSSR count). The number of rotatable bonds is 51. The van der Waals surface area contributed by atoms with E-state index in [4.69, 9.17) is 4.74 Å². The highest BCUT2D eigenvalue weighted by Gasteiger charge is 2.24. The van der Waals surface area contributed by atoms with E-state index in [2.05, 4.69) is 50.4 Å². The van der Waals surface area contributed by atoms with E-state index in [1.165, 1.54) is 193 Å². The van der Waals surface area contributed by atoms with Crippen LogP contribution in [-0.4, -0.2) is 46.9 Å². The van der Waals surface area contributed by atoms with Crippen LogP contribution in [0.25, 0.3) is 0 Å². The van der Waals surface area contributed by atoms with Crippen LogP contribution in [0, 0.1) is 0 Å². The van der Waals surface area contributed by atoms with E-state index in [0.717, 1.165) is 64.2 Å². The number of nitrogens with one attached hydrogen (secondary N) is 1. The maximum Gasteiger partial charge on any atom is 0.306 e. The largest absolute Gasteiger partial charge is 0.462 e. The van der Waals surface area contributed by atoms with E-state index >= 15 is 0 Å². The van der Waals surface area contributed by atoms with Crippen molar-refractivity contribution in [3.8, 4) is 0 Å². The molecule has 3 unspecified atom stereocenters. The minimum absolute atomic E-state index is 0.0739. The van der Waals surface area contributed by atoms with Crippen molar-refractivity contribution < 1.29 is 24.5 Å². The summed E-state index contributed by atoms with van der Waals surface area (Å²) < 4.78 is 5.95. The van der Waals surface area contributed by atoms with Crippen LogP contribution < -0.4 is 5.32 Å². The van der Waals surface area contributed by atoms with Crippen molar-refractivity contribution in [1.29, 1.82) is 0 Å². The summed E-state index contributed by atoms with van der Waals surface area (Å²) in [6.07, 6.45) is 59.5. The second-order valence-corrected chi connectivity index (χ2v) is 19.3. The molecule has 0 aliphatic heterocycles. The number of allylic oxidation sites excluding steroid dienone is 4. The third-order valence-electron chi connectivity index (χ3n) is 13.0. The SMILES string of the molecule is CCCCC/C=C\C/C=C\CCCCCCCC(CC(=O)NC(CO)C(O)CCCCCCCCCCCCCC)OC(=O)CCCCCCCCCCCCCCCCCCC. The number of carbonyl (C=O) groups excluding carboxylic acids is 2. The van der Waals surface area contributed by atoms with Crippen molar-refractivity contribution >= 4 is 11.9 Å². The van der Waals surface area contributed by atoms with Crippen molar-refractivity contribution in [3.05, 3.63) is 24.3 Å². The second-order valence-electron chi connectivity index (χ2n) is 19.3. The summed E-state index contributed by atoms with van der Waals surface area (Å²) in [5, 5.41) is 23.8. The Bertz CT molecular complexity index is 997. The molecule has 0 aromatic carbocycles. The molecule has 0 heterocycles. The van der Waals surface area contributed by atoms with E-state index in [9.17, 15) is 19.8 Å². The lowest BCUT2D eigenvalue weighted by Gasteiger charge is -2.24. The lowest BCUT2D eigenvalue weighted by atomic mass is 10.0. The first kappa shape index (κ1) is 61.3. The first-order valence-electron chi connectivity index (χ1n) is 28.1. The van der Waals surface area contributed by atoms with Gasteiger partial charge in [0.15, 0.2) is 0 Å². The maximum absolute atomic E-state index is 13.2. The van der Waals surface area contributed by atoms with E-state index in [-0.39, 0.29) is 24.9 Å². The number of ether oxygens (including phenoxy) is 1. The zero-order chi connectivity index (χ0) is 45.9. The van der Waals surface area contributed by atoms with Gasteiger partial charge in [0.25, 0.3) is 0 Å². The third kappa shape index (κ3) is 46.7. The number of aliphatic hydroxyl groups is 2. The number of hydrogen-bond acceptors (Lipinski definition) is 5. The van der Waals surface area contributed by atoms with E-state index in [1.54, 1.807) is 0 Å². The number of aliphatic hydroxyl groups excluding tert-OH is 2. The Morgan fingerprint density at radius 2 is 0.810 bits per heavy atom. The molecular formula is C57H109NO5. The molecular weight excluding hydrogens is 779 g/mol. The van der Waals surface area contributed by atoms with Crippen LogP contribution in [0.4, 0.5) is 0 Å². The minimum atomic E-state index is -0.787. The van der Waals surface area contributed by atoms with Gasteiger partial charge >= 0.3 is 5.97 Å². The lowest BCUT2D eigenvalue weighted by Crippen LogP contribution is -2.46. The topological polar surface area (TPSA) is 95.9 Å². The van der Waals surface area contributed by atoms with Crippen molar-refractivity contribution in [3.63, 3.8) is 0 Å². The maximum atomic E-state index is 13.2. The first-order chi connectivity index (χ1) is 31.0. The number of unbranched alkanes of at least 4 members (excludes halogenated alkanes) is 35. The Balaban J connectivity index is 4.54. The molecule has 0 bridgehead atoms. The lowest BCUT2D eigenvalue weighted by molar-refractivity contribution is -0.151. The fourth-order valence-electron chi connectivity index (χ4n) is 8.76. The van der Waals surface area contributed by atoms with Gasteiger partial charge in [-0.1, -0.05) is 257 Å². The summed E-state index contributed by atoms with van der Waals surface area (Å²) in [6.45, 7) is 6.48. The molecule has 0 saturated carbocycles. The molecule has 372 valence electrons. The minimum Gasteiger partial charge on any atom is -0.462 e. The molecule has 0 spiro atoms. The van der Waals surface area contributed by atoms with Crippen LogP contribution >= 0.6 is 0 Å². The monoisotopic (exact) mass is 888 g/mol. The summed E-state index contributed by atoms with van der Waals surface area (Å²) >= 11 is 0. The highest BCUT2D eigenvalue weighted by atomic mass is 16.5. The Morgan fingerprint density at radius 3 is 1.24 bits per heavy atom. The van der Waals surface area contributed by atoms with Crippen molar-refractivity contribution in [2.45, 2.75) is 322 Å². The summed E-state index contributed by atoms with van der Waals surface area (Å²) in [5.41, 5.74) is 0. The number of hydrogen-bond donors (Lipinski definition) is 3. The molecule has 0 aliphatic carbocycles. The molecule has 3 atom stereocenters. The van der Waals surface area contributed by atoms with Crippen molar-refractivity contribution in [2.24, 2.45) is 0 Å². The van der Waals surface area contributed by atoms with Gasteiger partial charge in [0, 0.05) is 6.42 Å². The Morgan fingerprint density at radius 1 is 0.460 bits per heavy atom. The summed E-state index contributed by atoms with van der Waals surface area (Å²) in [7, 11) is 0. The predicted molar refractivity (Wildman–Crippen MR) is 273 cm³/mol. The van der Waals surface area contributed by atoms with Crippen LogP contribution in [-0.2, 0) is 14.3 Å². The second kappa shape index (κ2) is 51.3. The highest BCUT2D eigenvalue weighted by molar-refractivity contribution is 5.77. The first-order valence-corrected chi connectivity index (χ1v) is 28.1.